The van der Waals surface area contributed by atoms with Crippen LogP contribution in [0.4, 0.5) is 23.7 Å². The van der Waals surface area contributed by atoms with Crippen molar-refractivity contribution in [3.8, 4) is 5.75 Å². The van der Waals surface area contributed by atoms with Crippen LogP contribution < -0.4 is 15.0 Å². The Bertz CT molecular complexity index is 1040. The van der Waals surface area contributed by atoms with Gasteiger partial charge in [-0.05, 0) is 43.5 Å². The molecule has 2 unspecified atom stereocenters. The fraction of sp³-hybridized carbons (Fsp3) is 0.455. The van der Waals surface area contributed by atoms with Crippen LogP contribution in [0.3, 0.4) is 0 Å². The van der Waals surface area contributed by atoms with Crippen molar-refractivity contribution in [1.29, 1.82) is 0 Å². The average Bonchev–Trinajstić information content (AvgIpc) is 3.51. The van der Waals surface area contributed by atoms with Crippen LogP contribution in [0.5, 0.6) is 5.75 Å². The number of aliphatic carboxylic acids is 1. The second-order valence-electron chi connectivity index (χ2n) is 7.89. The molecule has 1 saturated heterocycles. The first-order chi connectivity index (χ1) is 17.0. The molecule has 2 aliphatic heterocycles. The van der Waals surface area contributed by atoms with E-state index < -0.39 is 42.2 Å². The van der Waals surface area contributed by atoms with Gasteiger partial charge < -0.3 is 19.3 Å². The van der Waals surface area contributed by atoms with E-state index in [-0.39, 0.29) is 18.2 Å². The zero-order valence-corrected chi connectivity index (χ0v) is 19.7. The second kappa shape index (κ2) is 11.7. The lowest BCUT2D eigenvalue weighted by Crippen LogP contribution is -2.42. The van der Waals surface area contributed by atoms with Gasteiger partial charge in [0, 0.05) is 5.92 Å². The molecule has 2 N–H and O–H groups in total. The van der Waals surface area contributed by atoms with Crippen LogP contribution in [0.1, 0.15) is 19.3 Å². The van der Waals surface area contributed by atoms with Gasteiger partial charge in [0.2, 0.25) is 0 Å². The highest BCUT2D eigenvalue weighted by Gasteiger charge is 2.39. The lowest BCUT2D eigenvalue weighted by atomic mass is 9.90. The molecule has 0 spiro atoms. The number of hydrogen-bond donors (Lipinski definition) is 2. The van der Waals surface area contributed by atoms with Gasteiger partial charge >= 0.3 is 18.4 Å². The molecule has 3 aliphatic rings. The molecule has 1 aromatic carbocycles. The van der Waals surface area contributed by atoms with Crippen molar-refractivity contribution in [1.82, 2.24) is 5.32 Å². The van der Waals surface area contributed by atoms with Crippen molar-refractivity contribution in [2.75, 3.05) is 25.3 Å². The number of hydrogen-bond acceptors (Lipinski definition) is 8. The highest BCUT2D eigenvalue weighted by Crippen LogP contribution is 2.35. The van der Waals surface area contributed by atoms with Crippen LogP contribution >= 0.6 is 11.6 Å². The molecule has 1 fully saturated rings. The first-order valence-corrected chi connectivity index (χ1v) is 11.1. The molecule has 0 bridgehead atoms. The molecule has 1 aromatic rings. The number of imide groups is 1. The van der Waals surface area contributed by atoms with Crippen LogP contribution in [0.25, 0.3) is 0 Å². The van der Waals surface area contributed by atoms with E-state index in [0.717, 1.165) is 49.1 Å². The van der Waals surface area contributed by atoms with Gasteiger partial charge in [0.1, 0.15) is 17.8 Å². The van der Waals surface area contributed by atoms with Gasteiger partial charge in [0.25, 0.3) is 5.91 Å². The van der Waals surface area contributed by atoms with E-state index in [4.69, 9.17) is 21.4 Å². The second-order valence-corrected chi connectivity index (χ2v) is 8.29. The Balaban J connectivity index is 0.000000383. The number of methoxy groups -OCH3 is 1. The van der Waals surface area contributed by atoms with Gasteiger partial charge in [0.15, 0.2) is 0 Å². The quantitative estimate of drug-likeness (QED) is 0.602. The highest BCUT2D eigenvalue weighted by molar-refractivity contribution is 6.44. The number of carbonyl (C=O) groups excluding carboxylic acids is 2. The topological polar surface area (TPSA) is 127 Å². The number of alkyl halides is 3. The molecular weight excluding hydrogens is 511 g/mol. The van der Waals surface area contributed by atoms with Crippen molar-refractivity contribution < 1.29 is 46.9 Å². The molecule has 36 heavy (non-hydrogen) atoms. The number of nitrogens with zero attached hydrogens (tertiary/aromatic N) is 2. The maximum atomic E-state index is 13.0. The number of carboxylic acids is 1. The standard InChI is InChI=1S/C18H16ClF3N2O4.C4H7NO3/c1-27-17(26)24(11-5-7-12(8-6-11)28-18(20,21)22)16(25)14-9-10-3-2-4-13(19)15(10)23-14;6-4(7)3-1-8-2-5-3/h4-8,10,14H,2-3,9H2,1H3;3,5H,1-2H2,(H,6,7)/t;3-/m.1/s1. The Morgan fingerprint density at radius 2 is 1.94 bits per heavy atom. The number of amides is 2. The summed E-state index contributed by atoms with van der Waals surface area (Å²) < 4.78 is 50.1. The molecule has 196 valence electrons. The van der Waals surface area contributed by atoms with Crippen molar-refractivity contribution in [2.45, 2.75) is 37.7 Å². The minimum atomic E-state index is -4.84. The zero-order chi connectivity index (χ0) is 26.5. The summed E-state index contributed by atoms with van der Waals surface area (Å²) in [6.45, 7) is 0.645. The van der Waals surface area contributed by atoms with Gasteiger partial charge in [-0.15, -0.1) is 13.2 Å². The Kier molecular flexibility index (Phi) is 8.93. The minimum absolute atomic E-state index is 0.0357. The van der Waals surface area contributed by atoms with Gasteiger partial charge in [0.05, 0.1) is 36.9 Å². The Morgan fingerprint density at radius 3 is 2.44 bits per heavy atom. The normalized spacial score (nSPS) is 22.9. The number of carbonyl (C=O) groups is 3. The number of fused-ring (bicyclic) bond motifs is 1. The molecule has 2 amide bonds. The molecule has 10 nitrogen and oxygen atoms in total. The van der Waals surface area contributed by atoms with Gasteiger partial charge in [-0.3, -0.25) is 19.9 Å². The fourth-order valence-electron chi connectivity index (χ4n) is 3.80. The van der Waals surface area contributed by atoms with Crippen LogP contribution in [-0.4, -0.2) is 67.7 Å². The Morgan fingerprint density at radius 1 is 1.25 bits per heavy atom. The van der Waals surface area contributed by atoms with E-state index in [9.17, 15) is 27.6 Å². The predicted octanol–water partition coefficient (Wildman–Crippen LogP) is 3.45. The number of benzene rings is 1. The van der Waals surface area contributed by atoms with Crippen LogP contribution in [0, 0.1) is 5.92 Å². The molecule has 2 heterocycles. The maximum Gasteiger partial charge on any atom is 0.573 e. The number of rotatable bonds is 4. The van der Waals surface area contributed by atoms with E-state index >= 15 is 0 Å². The third-order valence-electron chi connectivity index (χ3n) is 5.48. The molecule has 14 heteroatoms. The molecule has 4 rings (SSSR count). The van der Waals surface area contributed by atoms with E-state index in [0.29, 0.717) is 23.9 Å². The van der Waals surface area contributed by atoms with Crippen molar-refractivity contribution in [3.63, 3.8) is 0 Å². The summed E-state index contributed by atoms with van der Waals surface area (Å²) in [4.78, 5) is 40.3. The summed E-state index contributed by atoms with van der Waals surface area (Å²) in [7, 11) is 1.10. The van der Waals surface area contributed by atoms with Gasteiger partial charge in [-0.25, -0.2) is 9.69 Å². The maximum absolute atomic E-state index is 13.0. The number of anilines is 1. The van der Waals surface area contributed by atoms with Crippen molar-refractivity contribution in [3.05, 3.63) is 35.4 Å². The number of aliphatic imine (C=N–C) groups is 1. The summed E-state index contributed by atoms with van der Waals surface area (Å²) >= 11 is 6.15. The highest BCUT2D eigenvalue weighted by atomic mass is 35.5. The summed E-state index contributed by atoms with van der Waals surface area (Å²) in [6.07, 6.45) is -1.98. The molecule has 0 saturated carbocycles. The number of halogens is 4. The monoisotopic (exact) mass is 533 g/mol. The molecule has 3 atom stereocenters. The third-order valence-corrected chi connectivity index (χ3v) is 5.83. The third kappa shape index (κ3) is 6.95. The summed E-state index contributed by atoms with van der Waals surface area (Å²) in [6, 6.07) is 3.02. The SMILES string of the molecule is COC(=O)N(C(=O)C1CC2CCC=C(Cl)C2=N1)c1ccc(OC(F)(F)F)cc1.O=C(O)[C@H]1COCN1. The predicted molar refractivity (Wildman–Crippen MR) is 121 cm³/mol. The fourth-order valence-corrected chi connectivity index (χ4v) is 4.12. The molecule has 0 aromatic heterocycles. The molecule has 0 radical (unpaired) electrons. The number of nitrogens with one attached hydrogen (secondary N) is 1. The average molecular weight is 534 g/mol. The Labute approximate surface area is 208 Å². The van der Waals surface area contributed by atoms with Crippen LogP contribution in [-0.2, 0) is 19.1 Å². The largest absolute Gasteiger partial charge is 0.573 e. The summed E-state index contributed by atoms with van der Waals surface area (Å²) in [5, 5.41) is 11.4. The van der Waals surface area contributed by atoms with Crippen molar-refractivity contribution >= 4 is 41.0 Å². The zero-order valence-electron chi connectivity index (χ0n) is 19.0. The number of allylic oxidation sites excluding steroid dienone is 2. The van der Waals surface area contributed by atoms with E-state index in [2.05, 4.69) is 19.8 Å². The van der Waals surface area contributed by atoms with Crippen molar-refractivity contribution in [2.24, 2.45) is 10.9 Å². The summed E-state index contributed by atoms with van der Waals surface area (Å²) in [5.41, 5.74) is 0.688. The number of ether oxygens (including phenoxy) is 3. The smallest absolute Gasteiger partial charge is 0.480 e. The van der Waals surface area contributed by atoms with E-state index in [1.807, 2.05) is 6.08 Å². The number of carboxylic acid groups (broad SMARTS) is 1. The van der Waals surface area contributed by atoms with Gasteiger partial charge in [-0.2, -0.15) is 0 Å². The van der Waals surface area contributed by atoms with E-state index in [1.165, 1.54) is 0 Å². The van der Waals surface area contributed by atoms with E-state index in [1.54, 1.807) is 0 Å². The van der Waals surface area contributed by atoms with Gasteiger partial charge in [-0.1, -0.05) is 17.7 Å². The molecular formula is C22H23ClF3N3O7. The van der Waals surface area contributed by atoms with Crippen LogP contribution in [0.2, 0.25) is 0 Å². The lowest BCUT2D eigenvalue weighted by molar-refractivity contribution is -0.274. The summed E-state index contributed by atoms with van der Waals surface area (Å²) in [5.74, 6) is -1.92. The Hall–Kier alpha value is -3.16. The molecule has 1 aliphatic carbocycles. The first kappa shape index (κ1) is 27.4. The minimum Gasteiger partial charge on any atom is -0.480 e. The first-order valence-electron chi connectivity index (χ1n) is 10.8. The van der Waals surface area contributed by atoms with Crippen LogP contribution in [0.15, 0.2) is 40.4 Å². The lowest BCUT2D eigenvalue weighted by Gasteiger charge is -2.22.